The summed E-state index contributed by atoms with van der Waals surface area (Å²) in [5.74, 6) is 1.26. The van der Waals surface area contributed by atoms with Gasteiger partial charge < -0.3 is 25.7 Å². The first kappa shape index (κ1) is 21.9. The van der Waals surface area contributed by atoms with Gasteiger partial charge in [-0.2, -0.15) is 4.98 Å². The molecule has 1 aromatic carbocycles. The molecule has 0 saturated heterocycles. The maximum atomic E-state index is 13.1. The lowest BCUT2D eigenvalue weighted by Gasteiger charge is -2.28. The number of ether oxygens (including phenoxy) is 3. The Balaban J connectivity index is 2.07. The molecule has 0 aliphatic carbocycles. The first-order valence-electron chi connectivity index (χ1n) is 9.52. The van der Waals surface area contributed by atoms with Crippen molar-refractivity contribution in [1.29, 1.82) is 0 Å². The molecule has 0 saturated carbocycles. The number of hydrogen-bond acceptors (Lipinski definition) is 9. The zero-order valence-corrected chi connectivity index (χ0v) is 18.2. The lowest BCUT2D eigenvalue weighted by Crippen LogP contribution is -2.37. The molecule has 164 valence electrons. The molecule has 1 amide bonds. The number of methoxy groups -OCH3 is 2. The summed E-state index contributed by atoms with van der Waals surface area (Å²) in [6, 6.07) is 8.61. The number of pyridine rings is 1. The van der Waals surface area contributed by atoms with Gasteiger partial charge in [-0.05, 0) is 45.0 Å². The second-order valence-corrected chi connectivity index (χ2v) is 7.74. The van der Waals surface area contributed by atoms with Gasteiger partial charge in [0, 0.05) is 6.07 Å². The molecule has 3 aromatic rings. The van der Waals surface area contributed by atoms with Gasteiger partial charge in [-0.1, -0.05) is 0 Å². The van der Waals surface area contributed by atoms with Gasteiger partial charge >= 0.3 is 6.09 Å². The molecule has 4 N–H and O–H groups in total. The number of nitrogen functional groups attached to an aromatic ring is 2. The van der Waals surface area contributed by atoms with Gasteiger partial charge in [0.05, 0.1) is 37.7 Å². The Morgan fingerprint density at radius 2 is 1.77 bits per heavy atom. The molecule has 0 aliphatic rings. The van der Waals surface area contributed by atoms with Crippen LogP contribution in [0.2, 0.25) is 0 Å². The molecule has 0 bridgehead atoms. The van der Waals surface area contributed by atoms with Crippen molar-refractivity contribution in [2.24, 2.45) is 0 Å². The van der Waals surface area contributed by atoms with Crippen LogP contribution in [0.5, 0.6) is 11.5 Å². The Labute approximate surface area is 180 Å². The van der Waals surface area contributed by atoms with Gasteiger partial charge in [-0.15, -0.1) is 0 Å². The highest BCUT2D eigenvalue weighted by Gasteiger charge is 2.27. The van der Waals surface area contributed by atoms with E-state index in [1.807, 2.05) is 0 Å². The average Bonchev–Trinajstić information content (AvgIpc) is 2.70. The van der Waals surface area contributed by atoms with Gasteiger partial charge in [-0.25, -0.2) is 14.8 Å². The summed E-state index contributed by atoms with van der Waals surface area (Å²) in [5.41, 5.74) is 12.8. The Morgan fingerprint density at radius 1 is 1.03 bits per heavy atom. The van der Waals surface area contributed by atoms with Crippen molar-refractivity contribution in [2.45, 2.75) is 32.9 Å². The van der Waals surface area contributed by atoms with E-state index in [0.29, 0.717) is 33.9 Å². The van der Waals surface area contributed by atoms with Gasteiger partial charge in [0.25, 0.3) is 0 Å². The van der Waals surface area contributed by atoms with Crippen LogP contribution in [-0.2, 0) is 11.3 Å². The van der Waals surface area contributed by atoms with Crippen molar-refractivity contribution in [3.05, 3.63) is 36.0 Å². The van der Waals surface area contributed by atoms with Crippen LogP contribution in [0.1, 0.15) is 26.5 Å². The van der Waals surface area contributed by atoms with Crippen LogP contribution >= 0.6 is 0 Å². The number of nitrogens with two attached hydrogens (primary N) is 2. The third kappa shape index (κ3) is 5.03. The Hall–Kier alpha value is -3.82. The highest BCUT2D eigenvalue weighted by molar-refractivity contribution is 5.90. The first-order chi connectivity index (χ1) is 14.6. The van der Waals surface area contributed by atoms with Gasteiger partial charge in [0.2, 0.25) is 5.95 Å². The molecular weight excluding hydrogens is 400 g/mol. The van der Waals surface area contributed by atoms with E-state index < -0.39 is 11.7 Å². The molecule has 0 spiro atoms. The lowest BCUT2D eigenvalue weighted by atomic mass is 10.2. The van der Waals surface area contributed by atoms with Gasteiger partial charge in [0.1, 0.15) is 22.6 Å². The largest absolute Gasteiger partial charge is 0.497 e. The van der Waals surface area contributed by atoms with Crippen LogP contribution in [-0.4, -0.2) is 40.9 Å². The summed E-state index contributed by atoms with van der Waals surface area (Å²) in [7, 11) is 3.07. The Morgan fingerprint density at radius 3 is 2.42 bits per heavy atom. The molecule has 0 aliphatic heterocycles. The van der Waals surface area contributed by atoms with Crippen LogP contribution in [0, 0.1) is 0 Å². The molecular formula is C21H26N6O4. The molecule has 0 atom stereocenters. The zero-order valence-electron chi connectivity index (χ0n) is 18.2. The van der Waals surface area contributed by atoms with Gasteiger partial charge in [0.15, 0.2) is 5.82 Å². The normalized spacial score (nSPS) is 11.3. The van der Waals surface area contributed by atoms with E-state index in [1.54, 1.807) is 58.2 Å². The van der Waals surface area contributed by atoms with E-state index in [-0.39, 0.29) is 18.3 Å². The molecule has 0 radical (unpaired) electrons. The minimum atomic E-state index is -0.700. The van der Waals surface area contributed by atoms with E-state index in [2.05, 4.69) is 15.0 Å². The van der Waals surface area contributed by atoms with E-state index in [9.17, 15) is 4.79 Å². The monoisotopic (exact) mass is 426 g/mol. The minimum Gasteiger partial charge on any atom is -0.497 e. The first-order valence-corrected chi connectivity index (χ1v) is 9.52. The van der Waals surface area contributed by atoms with Crippen LogP contribution in [0.4, 0.5) is 22.2 Å². The van der Waals surface area contributed by atoms with Crippen molar-refractivity contribution in [3.63, 3.8) is 0 Å². The number of aromatic nitrogens is 3. The topological polar surface area (TPSA) is 139 Å². The number of rotatable bonds is 5. The fourth-order valence-electron chi connectivity index (χ4n) is 2.92. The number of nitrogens with zero attached hydrogens (tertiary/aromatic N) is 4. The van der Waals surface area contributed by atoms with Crippen molar-refractivity contribution < 1.29 is 19.0 Å². The van der Waals surface area contributed by atoms with E-state index in [1.165, 1.54) is 12.0 Å². The van der Waals surface area contributed by atoms with E-state index >= 15 is 0 Å². The van der Waals surface area contributed by atoms with Crippen LogP contribution in [0.3, 0.4) is 0 Å². The number of anilines is 3. The molecule has 10 heteroatoms. The van der Waals surface area contributed by atoms with Crippen LogP contribution in [0.15, 0.2) is 30.3 Å². The summed E-state index contributed by atoms with van der Waals surface area (Å²) >= 11 is 0. The van der Waals surface area contributed by atoms with Gasteiger partial charge in [-0.3, -0.25) is 4.90 Å². The Kier molecular flexibility index (Phi) is 6.00. The summed E-state index contributed by atoms with van der Waals surface area (Å²) in [4.78, 5) is 27.2. The van der Waals surface area contributed by atoms with E-state index in [4.69, 9.17) is 25.7 Å². The molecule has 0 unspecified atom stereocenters. The molecule has 2 aromatic heterocycles. The van der Waals surface area contributed by atoms with E-state index in [0.717, 1.165) is 0 Å². The third-order valence-corrected chi connectivity index (χ3v) is 4.26. The smallest absolute Gasteiger partial charge is 0.415 e. The zero-order chi connectivity index (χ0) is 22.8. The number of carbonyl (C=O) groups is 1. The number of hydrogen-bond donors (Lipinski definition) is 2. The highest BCUT2D eigenvalue weighted by Crippen LogP contribution is 2.34. The highest BCUT2D eigenvalue weighted by atomic mass is 16.6. The summed E-state index contributed by atoms with van der Waals surface area (Å²) in [6.45, 7) is 5.46. The quantitative estimate of drug-likeness (QED) is 0.630. The van der Waals surface area contributed by atoms with Crippen molar-refractivity contribution in [1.82, 2.24) is 15.0 Å². The molecule has 31 heavy (non-hydrogen) atoms. The molecule has 2 heterocycles. The van der Waals surface area contributed by atoms with Crippen LogP contribution in [0.25, 0.3) is 11.0 Å². The van der Waals surface area contributed by atoms with Crippen LogP contribution < -0.4 is 25.8 Å². The predicted molar refractivity (Wildman–Crippen MR) is 118 cm³/mol. The molecule has 0 fully saturated rings. The maximum Gasteiger partial charge on any atom is 0.415 e. The second kappa shape index (κ2) is 8.50. The SMILES string of the molecule is COc1ccc(OC)c(N(Cc2ccc3nc(N)nc(N)c3n2)C(=O)OC(C)(C)C)c1. The lowest BCUT2D eigenvalue weighted by molar-refractivity contribution is 0.0576. The summed E-state index contributed by atoms with van der Waals surface area (Å²) in [5, 5.41) is 0. The average molecular weight is 426 g/mol. The fraction of sp³-hybridized carbons (Fsp3) is 0.333. The maximum absolute atomic E-state index is 13.1. The number of fused-ring (bicyclic) bond motifs is 1. The van der Waals surface area contributed by atoms with Crippen molar-refractivity contribution in [2.75, 3.05) is 30.6 Å². The second-order valence-electron chi connectivity index (χ2n) is 7.74. The van der Waals surface area contributed by atoms with Crippen molar-refractivity contribution >= 4 is 34.6 Å². The summed E-state index contributed by atoms with van der Waals surface area (Å²) in [6.07, 6.45) is -0.567. The third-order valence-electron chi connectivity index (χ3n) is 4.26. The standard InChI is InChI=1S/C21H26N6O4/c1-21(2,3)31-20(28)27(15-10-13(29-4)7-9-16(15)30-5)11-12-6-8-14-17(24-12)18(22)26-19(23)25-14/h6-10H,11H2,1-5H3,(H4,22,23,25,26). The molecule has 3 rings (SSSR count). The van der Waals surface area contributed by atoms with Crippen molar-refractivity contribution in [3.8, 4) is 11.5 Å². The number of benzene rings is 1. The number of amides is 1. The Bertz CT molecular complexity index is 1110. The number of carbonyl (C=O) groups excluding carboxylic acids is 1. The predicted octanol–water partition coefficient (Wildman–Crippen LogP) is 3.15. The fourth-order valence-corrected chi connectivity index (χ4v) is 2.92. The summed E-state index contributed by atoms with van der Waals surface area (Å²) < 4.78 is 16.4. The molecule has 10 nitrogen and oxygen atoms in total. The minimum absolute atomic E-state index is 0.0658.